The molecule has 1 aromatic rings. The number of amides is 1. The van der Waals surface area contributed by atoms with Crippen LogP contribution >= 0.6 is 0 Å². The summed E-state index contributed by atoms with van der Waals surface area (Å²) >= 11 is 0. The number of hydrogen-bond acceptors (Lipinski definition) is 4. The highest BCUT2D eigenvalue weighted by molar-refractivity contribution is 6.14. The van der Waals surface area contributed by atoms with Crippen LogP contribution in [0.1, 0.15) is 12.1 Å². The molecule has 0 aromatic carbocycles. The van der Waals surface area contributed by atoms with Gasteiger partial charge in [0.05, 0.1) is 18.7 Å². The zero-order valence-corrected chi connectivity index (χ0v) is 7.11. The second-order valence-electron chi connectivity index (χ2n) is 3.00. The number of aromatic nitrogens is 1. The van der Waals surface area contributed by atoms with Gasteiger partial charge in [-0.1, -0.05) is 5.16 Å². The van der Waals surface area contributed by atoms with E-state index in [0.29, 0.717) is 11.6 Å². The van der Waals surface area contributed by atoms with Crippen molar-refractivity contribution < 1.29 is 14.1 Å². The second-order valence-corrected chi connectivity index (χ2v) is 3.00. The molecule has 0 spiro atoms. The zero-order chi connectivity index (χ0) is 9.42. The lowest BCUT2D eigenvalue weighted by Gasteiger charge is -2.07. The number of carbonyl (C=O) groups is 2. The SMILES string of the molecule is Cc1cc(N2CC(=O)CC2=O)on1. The minimum Gasteiger partial charge on any atom is -0.338 e. The van der Waals surface area contributed by atoms with E-state index in [1.165, 1.54) is 4.90 Å². The minimum atomic E-state index is -0.221. The summed E-state index contributed by atoms with van der Waals surface area (Å²) in [4.78, 5) is 23.4. The Balaban J connectivity index is 2.27. The maximum absolute atomic E-state index is 11.2. The van der Waals surface area contributed by atoms with Gasteiger partial charge >= 0.3 is 0 Å². The maximum atomic E-state index is 11.2. The van der Waals surface area contributed by atoms with Crippen molar-refractivity contribution in [3.8, 4) is 0 Å². The first-order chi connectivity index (χ1) is 6.16. The number of aryl methyl sites for hydroxylation is 1. The summed E-state index contributed by atoms with van der Waals surface area (Å²) in [5.41, 5.74) is 0.696. The van der Waals surface area contributed by atoms with Gasteiger partial charge in [-0.05, 0) is 6.92 Å². The Kier molecular flexibility index (Phi) is 1.65. The summed E-state index contributed by atoms with van der Waals surface area (Å²) in [6, 6.07) is 1.64. The molecule has 0 saturated carbocycles. The fraction of sp³-hybridized carbons (Fsp3) is 0.375. The van der Waals surface area contributed by atoms with Crippen molar-refractivity contribution in [1.29, 1.82) is 0 Å². The number of nitrogens with zero attached hydrogens (tertiary/aromatic N) is 2. The monoisotopic (exact) mass is 180 g/mol. The van der Waals surface area contributed by atoms with Crippen LogP contribution in [0.25, 0.3) is 0 Å². The van der Waals surface area contributed by atoms with Crippen LogP contribution in [0.4, 0.5) is 5.88 Å². The number of ketones is 1. The molecular weight excluding hydrogens is 172 g/mol. The van der Waals surface area contributed by atoms with Gasteiger partial charge in [0, 0.05) is 6.07 Å². The van der Waals surface area contributed by atoms with Crippen LogP contribution in [-0.2, 0) is 9.59 Å². The number of Topliss-reactive ketones (excluding diaryl/α,β-unsaturated/α-hetero) is 1. The van der Waals surface area contributed by atoms with Crippen molar-refractivity contribution in [2.75, 3.05) is 11.4 Å². The smallest absolute Gasteiger partial charge is 0.237 e. The molecule has 1 aromatic heterocycles. The highest BCUT2D eigenvalue weighted by Crippen LogP contribution is 2.19. The molecule has 68 valence electrons. The summed E-state index contributed by atoms with van der Waals surface area (Å²) in [6.07, 6.45) is -0.0280. The Morgan fingerprint density at radius 3 is 2.77 bits per heavy atom. The Morgan fingerprint density at radius 2 is 2.31 bits per heavy atom. The lowest BCUT2D eigenvalue weighted by atomic mass is 10.3. The van der Waals surface area contributed by atoms with Crippen molar-refractivity contribution in [2.45, 2.75) is 13.3 Å². The van der Waals surface area contributed by atoms with Crippen molar-refractivity contribution >= 4 is 17.6 Å². The molecule has 1 aliphatic heterocycles. The van der Waals surface area contributed by atoms with Crippen LogP contribution in [0.3, 0.4) is 0 Å². The van der Waals surface area contributed by atoms with E-state index in [0.717, 1.165) is 0 Å². The molecule has 5 heteroatoms. The van der Waals surface area contributed by atoms with E-state index >= 15 is 0 Å². The van der Waals surface area contributed by atoms with E-state index in [1.54, 1.807) is 13.0 Å². The molecule has 0 unspecified atom stereocenters. The minimum absolute atomic E-state index is 0.0280. The average Bonchev–Trinajstić information content (AvgIpc) is 2.58. The Hall–Kier alpha value is -1.65. The van der Waals surface area contributed by atoms with Crippen LogP contribution in [0.2, 0.25) is 0 Å². The first-order valence-corrected chi connectivity index (χ1v) is 3.92. The molecule has 2 rings (SSSR count). The van der Waals surface area contributed by atoms with E-state index in [-0.39, 0.29) is 24.7 Å². The lowest BCUT2D eigenvalue weighted by Crippen LogP contribution is -2.23. The van der Waals surface area contributed by atoms with Crippen molar-refractivity contribution in [3.05, 3.63) is 11.8 Å². The van der Waals surface area contributed by atoms with Gasteiger partial charge < -0.3 is 4.52 Å². The molecule has 0 radical (unpaired) electrons. The largest absolute Gasteiger partial charge is 0.338 e. The van der Waals surface area contributed by atoms with Gasteiger partial charge in [-0.3, -0.25) is 14.5 Å². The third-order valence-corrected chi connectivity index (χ3v) is 1.87. The zero-order valence-electron chi connectivity index (χ0n) is 7.11. The van der Waals surface area contributed by atoms with Crippen LogP contribution < -0.4 is 4.90 Å². The standard InChI is InChI=1S/C8H8N2O3/c1-5-2-8(13-9-5)10-4-6(11)3-7(10)12/h2H,3-4H2,1H3. The average molecular weight is 180 g/mol. The molecule has 0 N–H and O–H groups in total. The molecule has 2 heterocycles. The summed E-state index contributed by atoms with van der Waals surface area (Å²) in [6.45, 7) is 1.86. The summed E-state index contributed by atoms with van der Waals surface area (Å²) in [5, 5.41) is 3.64. The molecule has 13 heavy (non-hydrogen) atoms. The number of carbonyl (C=O) groups excluding carboxylic acids is 2. The van der Waals surface area contributed by atoms with E-state index < -0.39 is 0 Å². The maximum Gasteiger partial charge on any atom is 0.237 e. The van der Waals surface area contributed by atoms with Crippen LogP contribution in [0, 0.1) is 6.92 Å². The summed E-state index contributed by atoms with van der Waals surface area (Å²) in [7, 11) is 0. The van der Waals surface area contributed by atoms with Gasteiger partial charge in [-0.2, -0.15) is 0 Å². The number of anilines is 1. The van der Waals surface area contributed by atoms with Crippen molar-refractivity contribution in [1.82, 2.24) is 5.16 Å². The Morgan fingerprint density at radius 1 is 1.54 bits per heavy atom. The second kappa shape index (κ2) is 2.69. The van der Waals surface area contributed by atoms with E-state index in [1.807, 2.05) is 0 Å². The molecule has 1 fully saturated rings. The van der Waals surface area contributed by atoms with Gasteiger partial charge in [0.2, 0.25) is 11.8 Å². The van der Waals surface area contributed by atoms with Gasteiger partial charge in [0.15, 0.2) is 5.78 Å². The van der Waals surface area contributed by atoms with Gasteiger partial charge in [-0.15, -0.1) is 0 Å². The first kappa shape index (κ1) is 7.97. The normalized spacial score (nSPS) is 17.2. The quantitative estimate of drug-likeness (QED) is 0.582. The molecule has 0 aliphatic carbocycles. The fourth-order valence-corrected chi connectivity index (χ4v) is 1.26. The van der Waals surface area contributed by atoms with E-state index in [2.05, 4.69) is 5.16 Å². The topological polar surface area (TPSA) is 63.4 Å². The molecule has 1 amide bonds. The Bertz CT molecular complexity index is 369. The molecule has 5 nitrogen and oxygen atoms in total. The highest BCUT2D eigenvalue weighted by atomic mass is 16.5. The predicted octanol–water partition coefficient (Wildman–Crippen LogP) is 0.289. The van der Waals surface area contributed by atoms with Gasteiger partial charge in [0.25, 0.3) is 0 Å². The summed E-state index contributed by atoms with van der Waals surface area (Å²) < 4.78 is 4.87. The predicted molar refractivity (Wildman–Crippen MR) is 43.2 cm³/mol. The van der Waals surface area contributed by atoms with E-state index in [9.17, 15) is 9.59 Å². The van der Waals surface area contributed by atoms with Crippen molar-refractivity contribution in [2.24, 2.45) is 0 Å². The van der Waals surface area contributed by atoms with Gasteiger partial charge in [-0.25, -0.2) is 0 Å². The molecule has 0 atom stereocenters. The number of rotatable bonds is 1. The summed E-state index contributed by atoms with van der Waals surface area (Å²) in [5.74, 6) is 0.0496. The molecule has 1 saturated heterocycles. The molecular formula is C8H8N2O3. The fourth-order valence-electron chi connectivity index (χ4n) is 1.26. The van der Waals surface area contributed by atoms with Crippen LogP contribution in [0.5, 0.6) is 0 Å². The van der Waals surface area contributed by atoms with Crippen LogP contribution in [-0.4, -0.2) is 23.4 Å². The third-order valence-electron chi connectivity index (χ3n) is 1.87. The number of hydrogen-bond donors (Lipinski definition) is 0. The van der Waals surface area contributed by atoms with Gasteiger partial charge in [0.1, 0.15) is 0 Å². The molecule has 1 aliphatic rings. The molecule has 0 bridgehead atoms. The van der Waals surface area contributed by atoms with Crippen molar-refractivity contribution in [3.63, 3.8) is 0 Å². The van der Waals surface area contributed by atoms with Crippen LogP contribution in [0.15, 0.2) is 10.6 Å². The Labute approximate surface area is 74.3 Å². The lowest BCUT2D eigenvalue weighted by molar-refractivity contribution is -0.121. The van der Waals surface area contributed by atoms with E-state index in [4.69, 9.17) is 4.52 Å². The third kappa shape index (κ3) is 1.32. The highest BCUT2D eigenvalue weighted by Gasteiger charge is 2.30. The first-order valence-electron chi connectivity index (χ1n) is 3.92.